The number of aromatic nitrogens is 3. The van der Waals surface area contributed by atoms with E-state index in [4.69, 9.17) is 9.72 Å². The third kappa shape index (κ3) is 5.74. The molecule has 0 aliphatic rings. The number of anilines is 1. The van der Waals surface area contributed by atoms with Crippen LogP contribution in [0.5, 0.6) is 5.75 Å². The van der Waals surface area contributed by atoms with E-state index in [-0.39, 0.29) is 5.91 Å². The molecule has 1 aromatic heterocycles. The zero-order chi connectivity index (χ0) is 26.3. The van der Waals surface area contributed by atoms with Crippen molar-refractivity contribution in [2.24, 2.45) is 0 Å². The molecule has 6 nitrogen and oxygen atoms in total. The van der Waals surface area contributed by atoms with Crippen molar-refractivity contribution in [1.29, 1.82) is 0 Å². The first kappa shape index (κ1) is 25.2. The molecule has 0 aliphatic carbocycles. The van der Waals surface area contributed by atoms with Gasteiger partial charge in [-0.15, -0.1) is 10.2 Å². The van der Waals surface area contributed by atoms with E-state index in [0.717, 1.165) is 22.3 Å². The summed E-state index contributed by atoms with van der Waals surface area (Å²) in [6.45, 7) is 1.97. The smallest absolute Gasteiger partial charge is 0.242 e. The highest BCUT2D eigenvalue weighted by atomic mass is 32.2. The number of nitrogens with one attached hydrogen (secondary N) is 1. The zero-order valence-electron chi connectivity index (χ0n) is 21.0. The van der Waals surface area contributed by atoms with Crippen molar-refractivity contribution >= 4 is 23.4 Å². The van der Waals surface area contributed by atoms with Crippen molar-refractivity contribution in [3.05, 3.63) is 120 Å². The molecular weight excluding hydrogens is 492 g/mol. The molecule has 7 heteroatoms. The Kier molecular flexibility index (Phi) is 7.75. The fourth-order valence-electron chi connectivity index (χ4n) is 4.07. The Labute approximate surface area is 226 Å². The molecule has 0 spiro atoms. The van der Waals surface area contributed by atoms with Gasteiger partial charge < -0.3 is 10.1 Å². The van der Waals surface area contributed by atoms with Crippen LogP contribution in [0.2, 0.25) is 0 Å². The van der Waals surface area contributed by atoms with E-state index >= 15 is 0 Å². The molecule has 1 heterocycles. The van der Waals surface area contributed by atoms with Gasteiger partial charge in [0.1, 0.15) is 22.4 Å². The summed E-state index contributed by atoms with van der Waals surface area (Å²) >= 11 is 1.26. The first-order chi connectivity index (χ1) is 18.6. The van der Waals surface area contributed by atoms with Gasteiger partial charge in [-0.25, -0.2) is 4.98 Å². The van der Waals surface area contributed by atoms with Gasteiger partial charge in [0.05, 0.1) is 12.8 Å². The molecule has 0 saturated carbocycles. The SMILES string of the molecule is COc1ccc(C)cc1NC(=O)[C@H](Sc1nnc(-c2ccccc2)c(-c2ccccc2)n1)c1ccccc1. The Balaban J connectivity index is 1.53. The van der Waals surface area contributed by atoms with Crippen LogP contribution in [-0.4, -0.2) is 28.2 Å². The van der Waals surface area contributed by atoms with Gasteiger partial charge >= 0.3 is 0 Å². The lowest BCUT2D eigenvalue weighted by atomic mass is 10.0. The molecule has 0 aliphatic heterocycles. The fraction of sp³-hybridized carbons (Fsp3) is 0.0968. The first-order valence-corrected chi connectivity index (χ1v) is 13.0. The van der Waals surface area contributed by atoms with E-state index < -0.39 is 5.25 Å². The van der Waals surface area contributed by atoms with E-state index in [1.165, 1.54) is 11.8 Å². The highest BCUT2D eigenvalue weighted by Gasteiger charge is 2.26. The molecule has 0 radical (unpaired) electrons. The number of nitrogens with zero attached hydrogens (tertiary/aromatic N) is 3. The van der Waals surface area contributed by atoms with Gasteiger partial charge in [0.25, 0.3) is 0 Å². The second-order valence-electron chi connectivity index (χ2n) is 8.63. The van der Waals surface area contributed by atoms with Gasteiger partial charge in [0.2, 0.25) is 11.1 Å². The molecule has 1 N–H and O–H groups in total. The number of methoxy groups -OCH3 is 1. The summed E-state index contributed by atoms with van der Waals surface area (Å²) < 4.78 is 5.47. The number of carbonyl (C=O) groups excluding carboxylic acids is 1. The van der Waals surface area contributed by atoms with E-state index in [0.29, 0.717) is 28.0 Å². The van der Waals surface area contributed by atoms with E-state index in [1.54, 1.807) is 7.11 Å². The molecule has 0 unspecified atom stereocenters. The van der Waals surface area contributed by atoms with Crippen LogP contribution in [0.4, 0.5) is 5.69 Å². The number of aryl methyl sites for hydroxylation is 1. The Hall–Kier alpha value is -4.49. The van der Waals surface area contributed by atoms with Crippen LogP contribution in [-0.2, 0) is 4.79 Å². The average molecular weight is 519 g/mol. The number of amides is 1. The minimum absolute atomic E-state index is 0.206. The van der Waals surface area contributed by atoms with Crippen molar-refractivity contribution in [3.8, 4) is 28.3 Å². The van der Waals surface area contributed by atoms with E-state index in [1.807, 2.05) is 116 Å². The van der Waals surface area contributed by atoms with Crippen LogP contribution in [0.15, 0.2) is 114 Å². The topological polar surface area (TPSA) is 77.0 Å². The van der Waals surface area contributed by atoms with E-state index in [2.05, 4.69) is 15.5 Å². The van der Waals surface area contributed by atoms with Crippen LogP contribution in [0.25, 0.3) is 22.5 Å². The predicted octanol–water partition coefficient (Wildman–Crippen LogP) is 6.99. The first-order valence-electron chi connectivity index (χ1n) is 12.1. The monoisotopic (exact) mass is 518 g/mol. The van der Waals surface area contributed by atoms with Gasteiger partial charge in [0.15, 0.2) is 0 Å². The van der Waals surface area contributed by atoms with Gasteiger partial charge in [-0.05, 0) is 30.2 Å². The number of carbonyl (C=O) groups is 1. The molecule has 0 fully saturated rings. The third-order valence-corrected chi connectivity index (χ3v) is 7.04. The lowest BCUT2D eigenvalue weighted by Gasteiger charge is -2.18. The zero-order valence-corrected chi connectivity index (χ0v) is 21.9. The van der Waals surface area contributed by atoms with E-state index in [9.17, 15) is 4.79 Å². The Morgan fingerprint density at radius 1 is 0.789 bits per heavy atom. The normalized spacial score (nSPS) is 11.5. The van der Waals surface area contributed by atoms with Crippen LogP contribution in [0.1, 0.15) is 16.4 Å². The minimum Gasteiger partial charge on any atom is -0.495 e. The second kappa shape index (κ2) is 11.7. The third-order valence-electron chi connectivity index (χ3n) is 5.94. The largest absolute Gasteiger partial charge is 0.495 e. The summed E-state index contributed by atoms with van der Waals surface area (Å²) in [5.74, 6) is 0.388. The number of hydrogen-bond acceptors (Lipinski definition) is 6. The molecule has 1 amide bonds. The van der Waals surface area contributed by atoms with Gasteiger partial charge in [0, 0.05) is 11.1 Å². The number of hydrogen-bond donors (Lipinski definition) is 1. The highest BCUT2D eigenvalue weighted by Crippen LogP contribution is 2.37. The van der Waals surface area contributed by atoms with Crippen LogP contribution >= 0.6 is 11.8 Å². The highest BCUT2D eigenvalue weighted by molar-refractivity contribution is 8.00. The summed E-state index contributed by atoms with van der Waals surface area (Å²) in [4.78, 5) is 18.6. The van der Waals surface area contributed by atoms with Crippen LogP contribution in [0, 0.1) is 6.92 Å². The van der Waals surface area contributed by atoms with Crippen molar-refractivity contribution in [3.63, 3.8) is 0 Å². The summed E-state index contributed by atoms with van der Waals surface area (Å²) in [6, 6.07) is 35.0. The number of thioether (sulfide) groups is 1. The second-order valence-corrected chi connectivity index (χ2v) is 9.70. The molecule has 38 heavy (non-hydrogen) atoms. The van der Waals surface area contributed by atoms with Gasteiger partial charge in [-0.1, -0.05) is 109 Å². The summed E-state index contributed by atoms with van der Waals surface area (Å²) in [6.07, 6.45) is 0. The molecule has 4 aromatic carbocycles. The molecule has 1 atom stereocenters. The molecule has 0 saturated heterocycles. The van der Waals surface area contributed by atoms with Crippen molar-refractivity contribution in [1.82, 2.24) is 15.2 Å². The number of rotatable bonds is 8. The molecule has 5 rings (SSSR count). The molecule has 0 bridgehead atoms. The fourth-order valence-corrected chi connectivity index (χ4v) is 4.97. The van der Waals surface area contributed by atoms with Crippen LogP contribution < -0.4 is 10.1 Å². The predicted molar refractivity (Wildman–Crippen MR) is 152 cm³/mol. The Morgan fingerprint density at radius 3 is 2.03 bits per heavy atom. The van der Waals surface area contributed by atoms with Crippen molar-refractivity contribution < 1.29 is 9.53 Å². The average Bonchev–Trinajstić information content (AvgIpc) is 2.97. The molecule has 188 valence electrons. The summed E-state index contributed by atoms with van der Waals surface area (Å²) in [7, 11) is 1.59. The number of benzene rings is 4. The minimum atomic E-state index is -0.616. The van der Waals surface area contributed by atoms with Gasteiger partial charge in [-0.3, -0.25) is 4.79 Å². The van der Waals surface area contributed by atoms with Gasteiger partial charge in [-0.2, -0.15) is 0 Å². The lowest BCUT2D eigenvalue weighted by Crippen LogP contribution is -2.20. The maximum atomic E-state index is 13.7. The van der Waals surface area contributed by atoms with Crippen LogP contribution in [0.3, 0.4) is 0 Å². The molecule has 5 aromatic rings. The summed E-state index contributed by atoms with van der Waals surface area (Å²) in [5, 5.41) is 11.8. The molecular formula is C31H26N4O2S. The Morgan fingerprint density at radius 2 is 1.39 bits per heavy atom. The quantitative estimate of drug-likeness (QED) is 0.223. The Bertz CT molecular complexity index is 1530. The lowest BCUT2D eigenvalue weighted by molar-refractivity contribution is -0.115. The standard InChI is InChI=1S/C31H26N4O2S/c1-21-18-19-26(37-2)25(20-21)32-30(36)29(24-16-10-5-11-17-24)38-31-33-27(22-12-6-3-7-13-22)28(34-35-31)23-14-8-4-9-15-23/h3-20,29H,1-2H3,(H,32,36)/t29-/m1/s1. The maximum Gasteiger partial charge on any atom is 0.242 e. The van der Waals surface area contributed by atoms with Crippen molar-refractivity contribution in [2.75, 3.05) is 12.4 Å². The van der Waals surface area contributed by atoms with Crippen molar-refractivity contribution in [2.45, 2.75) is 17.3 Å². The maximum absolute atomic E-state index is 13.7. The number of ether oxygens (including phenoxy) is 1. The summed E-state index contributed by atoms with van der Waals surface area (Å²) in [5.41, 5.74) is 5.70.